The molecule has 0 saturated heterocycles. The maximum atomic E-state index is 13.6. The van der Waals surface area contributed by atoms with E-state index in [1.807, 2.05) is 6.08 Å². The molecule has 3 rings (SSSR count). The number of ether oxygens (including phenoxy) is 1. The summed E-state index contributed by atoms with van der Waals surface area (Å²) in [5.74, 6) is -1.09. The Labute approximate surface area is 179 Å². The Morgan fingerprint density at radius 2 is 1.74 bits per heavy atom. The van der Waals surface area contributed by atoms with Crippen molar-refractivity contribution in [1.82, 2.24) is 0 Å². The smallest absolute Gasteiger partial charge is 0.419 e. The van der Waals surface area contributed by atoms with Gasteiger partial charge in [-0.05, 0) is 67.3 Å². The number of esters is 1. The fourth-order valence-corrected chi connectivity index (χ4v) is 4.01. The van der Waals surface area contributed by atoms with Crippen LogP contribution in [0, 0.1) is 17.7 Å². The Hall–Kier alpha value is -2.63. The van der Waals surface area contributed by atoms with Gasteiger partial charge in [0.2, 0.25) is 0 Å². The summed E-state index contributed by atoms with van der Waals surface area (Å²) in [7, 11) is 0. The van der Waals surface area contributed by atoms with Crippen molar-refractivity contribution >= 4 is 12.0 Å². The normalized spacial score (nSPS) is 19.5. The molecule has 0 N–H and O–H groups in total. The largest absolute Gasteiger partial charge is 0.423 e. The number of halogens is 4. The Morgan fingerprint density at radius 1 is 1.06 bits per heavy atom. The number of alkyl halides is 3. The van der Waals surface area contributed by atoms with Gasteiger partial charge in [-0.25, -0.2) is 9.18 Å². The fourth-order valence-electron chi connectivity index (χ4n) is 4.01. The van der Waals surface area contributed by atoms with Crippen LogP contribution in [0.25, 0.3) is 6.08 Å². The highest BCUT2D eigenvalue weighted by molar-refractivity contribution is 5.91. The van der Waals surface area contributed by atoms with Crippen LogP contribution in [0.3, 0.4) is 0 Å². The summed E-state index contributed by atoms with van der Waals surface area (Å²) in [5, 5.41) is 0. The Bertz CT molecular complexity index is 908. The molecule has 0 aliphatic heterocycles. The minimum Gasteiger partial charge on any atom is -0.423 e. The average molecular weight is 434 g/mol. The molecule has 6 heteroatoms. The summed E-state index contributed by atoms with van der Waals surface area (Å²) >= 11 is 0. The van der Waals surface area contributed by atoms with Crippen molar-refractivity contribution in [3.05, 3.63) is 71.0 Å². The Kier molecular flexibility index (Phi) is 7.52. The van der Waals surface area contributed by atoms with E-state index in [4.69, 9.17) is 4.74 Å². The molecule has 0 atom stereocenters. The van der Waals surface area contributed by atoms with E-state index >= 15 is 0 Å². The molecule has 1 aliphatic carbocycles. The van der Waals surface area contributed by atoms with E-state index in [0.717, 1.165) is 17.5 Å². The third kappa shape index (κ3) is 6.42. The number of carbonyl (C=O) groups excluding carboxylic acids is 1. The monoisotopic (exact) mass is 434 g/mol. The van der Waals surface area contributed by atoms with Gasteiger partial charge in [0.1, 0.15) is 11.6 Å². The number of benzene rings is 2. The lowest BCUT2D eigenvalue weighted by Crippen LogP contribution is -2.12. The quantitative estimate of drug-likeness (QED) is 0.265. The molecule has 0 bridgehead atoms. The van der Waals surface area contributed by atoms with Crippen molar-refractivity contribution in [1.29, 1.82) is 0 Å². The van der Waals surface area contributed by atoms with E-state index in [9.17, 15) is 22.4 Å². The van der Waals surface area contributed by atoms with E-state index in [1.165, 1.54) is 38.5 Å². The second-order valence-electron chi connectivity index (χ2n) is 8.08. The van der Waals surface area contributed by atoms with Crippen molar-refractivity contribution in [2.45, 2.75) is 51.6 Å². The zero-order chi connectivity index (χ0) is 22.4. The molecular weight excluding hydrogens is 408 g/mol. The van der Waals surface area contributed by atoms with E-state index < -0.39 is 23.5 Å². The van der Waals surface area contributed by atoms with Gasteiger partial charge in [0.25, 0.3) is 0 Å². The van der Waals surface area contributed by atoms with E-state index in [1.54, 1.807) is 24.3 Å². The first-order valence-electron chi connectivity index (χ1n) is 10.6. The SMILES string of the molecule is CCCC1CCC(/C=C/c2ccc(C(=O)Oc3ccc(C(F)(F)F)c(F)c3)cc2)CC1. The number of hydrogen-bond donors (Lipinski definition) is 0. The Morgan fingerprint density at radius 3 is 2.32 bits per heavy atom. The van der Waals surface area contributed by atoms with E-state index in [-0.39, 0.29) is 11.3 Å². The summed E-state index contributed by atoms with van der Waals surface area (Å²) < 4.78 is 56.5. The first kappa shape index (κ1) is 23.0. The summed E-state index contributed by atoms with van der Waals surface area (Å²) in [4.78, 5) is 12.2. The van der Waals surface area contributed by atoms with Gasteiger partial charge in [0, 0.05) is 6.07 Å². The van der Waals surface area contributed by atoms with Gasteiger partial charge >= 0.3 is 12.1 Å². The van der Waals surface area contributed by atoms with Crippen LogP contribution < -0.4 is 4.74 Å². The zero-order valence-electron chi connectivity index (χ0n) is 17.4. The van der Waals surface area contributed by atoms with Crippen LogP contribution in [0.4, 0.5) is 17.6 Å². The molecule has 2 aromatic rings. The first-order valence-corrected chi connectivity index (χ1v) is 10.6. The van der Waals surface area contributed by atoms with Crippen LogP contribution in [0.1, 0.15) is 66.9 Å². The van der Waals surface area contributed by atoms with Crippen LogP contribution in [-0.4, -0.2) is 5.97 Å². The minimum atomic E-state index is -4.80. The van der Waals surface area contributed by atoms with Crippen molar-refractivity contribution in [3.63, 3.8) is 0 Å². The van der Waals surface area contributed by atoms with Crippen molar-refractivity contribution in [2.75, 3.05) is 0 Å². The highest BCUT2D eigenvalue weighted by atomic mass is 19.4. The van der Waals surface area contributed by atoms with Crippen LogP contribution in [0.2, 0.25) is 0 Å². The number of allylic oxidation sites excluding steroid dienone is 1. The van der Waals surface area contributed by atoms with E-state index in [2.05, 4.69) is 13.0 Å². The van der Waals surface area contributed by atoms with Gasteiger partial charge in [-0.2, -0.15) is 13.2 Å². The second kappa shape index (κ2) is 10.1. The summed E-state index contributed by atoms with van der Waals surface area (Å²) in [6, 6.07) is 8.78. The molecular formula is C25H26F4O2. The molecule has 0 heterocycles. The third-order valence-electron chi connectivity index (χ3n) is 5.75. The lowest BCUT2D eigenvalue weighted by atomic mass is 9.80. The topological polar surface area (TPSA) is 26.3 Å². The standard InChI is InChI=1S/C25H26F4O2/c1-2-3-17-4-6-18(7-5-17)8-9-19-10-12-20(13-11-19)24(30)31-21-14-15-22(23(26)16-21)25(27,28)29/h8-18H,2-7H2,1H3/b9-8+. The highest BCUT2D eigenvalue weighted by Crippen LogP contribution is 2.34. The van der Waals surface area contributed by atoms with Crippen molar-refractivity contribution in [2.24, 2.45) is 11.8 Å². The molecule has 2 aromatic carbocycles. The van der Waals surface area contributed by atoms with Crippen LogP contribution in [0.15, 0.2) is 48.5 Å². The Balaban J connectivity index is 1.56. The molecule has 166 valence electrons. The molecule has 0 unspecified atom stereocenters. The predicted molar refractivity (Wildman–Crippen MR) is 112 cm³/mol. The highest BCUT2D eigenvalue weighted by Gasteiger charge is 2.34. The van der Waals surface area contributed by atoms with Gasteiger partial charge < -0.3 is 4.74 Å². The van der Waals surface area contributed by atoms with Gasteiger partial charge in [-0.3, -0.25) is 0 Å². The molecule has 0 radical (unpaired) electrons. The van der Waals surface area contributed by atoms with E-state index in [0.29, 0.717) is 18.1 Å². The van der Waals surface area contributed by atoms with Crippen LogP contribution in [0.5, 0.6) is 5.75 Å². The molecule has 1 aliphatic rings. The number of rotatable bonds is 6. The average Bonchev–Trinajstić information content (AvgIpc) is 2.73. The number of carbonyl (C=O) groups is 1. The fraction of sp³-hybridized carbons (Fsp3) is 0.400. The summed E-state index contributed by atoms with van der Waals surface area (Å²) in [6.07, 6.45) is 6.98. The maximum absolute atomic E-state index is 13.6. The van der Waals surface area contributed by atoms with Gasteiger partial charge in [-0.15, -0.1) is 0 Å². The van der Waals surface area contributed by atoms with Crippen LogP contribution in [-0.2, 0) is 6.18 Å². The number of hydrogen-bond acceptors (Lipinski definition) is 2. The van der Waals surface area contributed by atoms with Gasteiger partial charge in [0.15, 0.2) is 0 Å². The lowest BCUT2D eigenvalue weighted by molar-refractivity contribution is -0.140. The molecule has 1 saturated carbocycles. The third-order valence-corrected chi connectivity index (χ3v) is 5.75. The minimum absolute atomic E-state index is 0.234. The zero-order valence-corrected chi connectivity index (χ0v) is 17.4. The first-order chi connectivity index (χ1) is 14.8. The summed E-state index contributed by atoms with van der Waals surface area (Å²) in [5.41, 5.74) is -0.215. The second-order valence-corrected chi connectivity index (χ2v) is 8.08. The van der Waals surface area contributed by atoms with Crippen molar-refractivity contribution < 1.29 is 27.1 Å². The van der Waals surface area contributed by atoms with Crippen LogP contribution >= 0.6 is 0 Å². The molecule has 1 fully saturated rings. The molecule has 0 aromatic heterocycles. The molecule has 0 spiro atoms. The molecule has 31 heavy (non-hydrogen) atoms. The maximum Gasteiger partial charge on any atom is 0.419 e. The molecule has 0 amide bonds. The lowest BCUT2D eigenvalue weighted by Gasteiger charge is -2.26. The van der Waals surface area contributed by atoms with Gasteiger partial charge in [0.05, 0.1) is 11.1 Å². The molecule has 2 nitrogen and oxygen atoms in total. The van der Waals surface area contributed by atoms with Gasteiger partial charge in [-0.1, -0.05) is 44.1 Å². The summed E-state index contributed by atoms with van der Waals surface area (Å²) in [6.45, 7) is 2.23. The van der Waals surface area contributed by atoms with Crippen molar-refractivity contribution in [3.8, 4) is 5.75 Å². The predicted octanol–water partition coefficient (Wildman–Crippen LogP) is 7.68.